The highest BCUT2D eigenvalue weighted by molar-refractivity contribution is 6.05. The van der Waals surface area contributed by atoms with Gasteiger partial charge >= 0.3 is 0 Å². The third kappa shape index (κ3) is 3.28. The van der Waals surface area contributed by atoms with E-state index in [1.807, 2.05) is 36.2 Å². The third-order valence-electron chi connectivity index (χ3n) is 6.56. The highest BCUT2D eigenvalue weighted by atomic mass is 16.2. The lowest BCUT2D eigenvalue weighted by Gasteiger charge is -2.34. The predicted molar refractivity (Wildman–Crippen MR) is 108 cm³/mol. The van der Waals surface area contributed by atoms with Crippen molar-refractivity contribution in [2.45, 2.75) is 12.8 Å². The number of amides is 2. The first-order valence-electron chi connectivity index (χ1n) is 10.1. The number of likely N-dealkylation sites (tertiary alicyclic amines) is 2. The van der Waals surface area contributed by atoms with Crippen molar-refractivity contribution in [3.8, 4) is 0 Å². The maximum Gasteiger partial charge on any atom is 0.275 e. The molecule has 2 saturated heterocycles. The fraction of sp³-hybridized carbons (Fsp3) is 0.571. The topological polar surface area (TPSA) is 70.5 Å². The molecule has 2 fully saturated rings. The van der Waals surface area contributed by atoms with Crippen LogP contribution in [0.4, 0.5) is 0 Å². The number of para-hydroxylation sites is 1. The molecular formula is C21H29N5O2. The summed E-state index contributed by atoms with van der Waals surface area (Å²) in [5.41, 5.74) is 1.43. The van der Waals surface area contributed by atoms with Gasteiger partial charge in [0.25, 0.3) is 5.91 Å². The van der Waals surface area contributed by atoms with Crippen molar-refractivity contribution in [3.63, 3.8) is 0 Å². The average Bonchev–Trinajstić information content (AvgIpc) is 3.30. The second-order valence-corrected chi connectivity index (χ2v) is 8.22. The Kier molecular flexibility index (Phi) is 5.10. The molecule has 28 heavy (non-hydrogen) atoms. The Balaban J connectivity index is 1.59. The van der Waals surface area contributed by atoms with Crippen LogP contribution in [0.2, 0.25) is 0 Å². The lowest BCUT2D eigenvalue weighted by molar-refractivity contribution is -0.125. The Labute approximate surface area is 165 Å². The Morgan fingerprint density at radius 3 is 2.54 bits per heavy atom. The van der Waals surface area contributed by atoms with Crippen LogP contribution in [0.5, 0.6) is 0 Å². The number of nitrogens with zero attached hydrogens (tertiary/aromatic N) is 4. The first kappa shape index (κ1) is 18.9. The fourth-order valence-electron chi connectivity index (χ4n) is 4.91. The number of piperidine rings is 1. The van der Waals surface area contributed by atoms with Gasteiger partial charge in [0.2, 0.25) is 5.91 Å². The normalized spacial score (nSPS) is 24.0. The molecule has 0 spiro atoms. The van der Waals surface area contributed by atoms with Gasteiger partial charge in [0, 0.05) is 32.6 Å². The van der Waals surface area contributed by atoms with E-state index in [0.717, 1.165) is 36.8 Å². The van der Waals surface area contributed by atoms with Gasteiger partial charge in [-0.15, -0.1) is 0 Å². The van der Waals surface area contributed by atoms with E-state index in [0.29, 0.717) is 24.7 Å². The van der Waals surface area contributed by atoms with E-state index in [9.17, 15) is 9.59 Å². The van der Waals surface area contributed by atoms with Crippen LogP contribution < -0.4 is 5.32 Å². The summed E-state index contributed by atoms with van der Waals surface area (Å²) in [5.74, 6) is 0.535. The number of hydrogen-bond donors (Lipinski definition) is 1. The van der Waals surface area contributed by atoms with E-state index in [1.165, 1.54) is 0 Å². The predicted octanol–water partition coefficient (Wildman–Crippen LogP) is 1.35. The van der Waals surface area contributed by atoms with E-state index in [1.54, 1.807) is 11.7 Å². The van der Waals surface area contributed by atoms with Crippen molar-refractivity contribution < 1.29 is 9.59 Å². The van der Waals surface area contributed by atoms with Crippen LogP contribution in [-0.2, 0) is 11.8 Å². The molecular weight excluding hydrogens is 354 g/mol. The van der Waals surface area contributed by atoms with Crippen LogP contribution in [0.15, 0.2) is 24.3 Å². The molecule has 150 valence electrons. The number of fused-ring (bicyclic) bond motifs is 1. The number of carbonyl (C=O) groups excluding carboxylic acids is 2. The maximum atomic E-state index is 13.3. The van der Waals surface area contributed by atoms with Gasteiger partial charge in [-0.2, -0.15) is 5.10 Å². The Morgan fingerprint density at radius 1 is 1.11 bits per heavy atom. The number of aromatic nitrogens is 2. The molecule has 1 N–H and O–H groups in total. The fourth-order valence-corrected chi connectivity index (χ4v) is 4.91. The van der Waals surface area contributed by atoms with Crippen molar-refractivity contribution in [1.29, 1.82) is 0 Å². The second kappa shape index (κ2) is 7.54. The smallest absolute Gasteiger partial charge is 0.275 e. The van der Waals surface area contributed by atoms with E-state index in [4.69, 9.17) is 0 Å². The molecule has 2 atom stereocenters. The van der Waals surface area contributed by atoms with Crippen LogP contribution in [0.3, 0.4) is 0 Å². The number of carbonyl (C=O) groups is 2. The molecule has 0 saturated carbocycles. The molecule has 2 aliphatic heterocycles. The van der Waals surface area contributed by atoms with Crippen molar-refractivity contribution in [2.75, 3.05) is 40.3 Å². The minimum atomic E-state index is -0.141. The average molecular weight is 383 g/mol. The van der Waals surface area contributed by atoms with Crippen molar-refractivity contribution in [3.05, 3.63) is 30.0 Å². The highest BCUT2D eigenvalue weighted by Gasteiger charge is 2.44. The minimum Gasteiger partial charge on any atom is -0.359 e. The second-order valence-electron chi connectivity index (χ2n) is 8.22. The van der Waals surface area contributed by atoms with Gasteiger partial charge in [-0.1, -0.05) is 18.2 Å². The first-order chi connectivity index (χ1) is 13.5. The maximum absolute atomic E-state index is 13.3. The third-order valence-corrected chi connectivity index (χ3v) is 6.56. The van der Waals surface area contributed by atoms with Crippen LogP contribution in [-0.4, -0.2) is 71.7 Å². The van der Waals surface area contributed by atoms with Crippen molar-refractivity contribution in [1.82, 2.24) is 24.9 Å². The summed E-state index contributed by atoms with van der Waals surface area (Å²) in [7, 11) is 5.69. The minimum absolute atomic E-state index is 0.0464. The number of aryl methyl sites for hydroxylation is 1. The monoisotopic (exact) mass is 383 g/mol. The SMILES string of the molecule is CNC(=O)C1CN(C(=O)c2nn(C)c3ccccc23)CC1C1CCN(C)CC1. The molecule has 3 heterocycles. The van der Waals surface area contributed by atoms with Crippen LogP contribution >= 0.6 is 0 Å². The summed E-state index contributed by atoms with van der Waals surface area (Å²) < 4.78 is 1.75. The molecule has 2 amide bonds. The summed E-state index contributed by atoms with van der Waals surface area (Å²) in [6, 6.07) is 7.79. The quantitative estimate of drug-likeness (QED) is 0.869. The van der Waals surface area contributed by atoms with Crippen LogP contribution in [0.25, 0.3) is 10.9 Å². The van der Waals surface area contributed by atoms with E-state index >= 15 is 0 Å². The summed E-state index contributed by atoms with van der Waals surface area (Å²) in [6.45, 7) is 3.22. The molecule has 2 aromatic rings. The Morgan fingerprint density at radius 2 is 1.82 bits per heavy atom. The van der Waals surface area contributed by atoms with Gasteiger partial charge in [0.05, 0.1) is 11.4 Å². The van der Waals surface area contributed by atoms with Gasteiger partial charge < -0.3 is 15.1 Å². The molecule has 2 aliphatic rings. The van der Waals surface area contributed by atoms with Crippen molar-refractivity contribution >= 4 is 22.7 Å². The number of rotatable bonds is 3. The summed E-state index contributed by atoms with van der Waals surface area (Å²) in [6.07, 6.45) is 2.17. The van der Waals surface area contributed by atoms with Gasteiger partial charge in [0.15, 0.2) is 5.69 Å². The number of hydrogen-bond acceptors (Lipinski definition) is 4. The van der Waals surface area contributed by atoms with Crippen molar-refractivity contribution in [2.24, 2.45) is 24.8 Å². The summed E-state index contributed by atoms with van der Waals surface area (Å²) >= 11 is 0. The Hall–Kier alpha value is -2.41. The van der Waals surface area contributed by atoms with E-state index in [-0.39, 0.29) is 23.7 Å². The molecule has 7 heteroatoms. The van der Waals surface area contributed by atoms with Gasteiger partial charge in [-0.05, 0) is 50.9 Å². The van der Waals surface area contributed by atoms with Gasteiger partial charge in [0.1, 0.15) is 0 Å². The number of benzene rings is 1. The zero-order valence-electron chi connectivity index (χ0n) is 16.9. The molecule has 2 unspecified atom stereocenters. The summed E-state index contributed by atoms with van der Waals surface area (Å²) in [4.78, 5) is 30.1. The molecule has 0 aliphatic carbocycles. The largest absolute Gasteiger partial charge is 0.359 e. The van der Waals surface area contributed by atoms with Gasteiger partial charge in [-0.3, -0.25) is 14.3 Å². The first-order valence-corrected chi connectivity index (χ1v) is 10.1. The van der Waals surface area contributed by atoms with Crippen LogP contribution in [0, 0.1) is 17.8 Å². The molecule has 4 rings (SSSR count). The standard InChI is InChI=1S/C21H29N5O2/c1-22-20(27)17-13-26(12-16(17)14-8-10-24(2)11-9-14)21(28)19-15-6-4-5-7-18(15)25(3)23-19/h4-7,14,16-17H,8-13H2,1-3H3,(H,22,27). The zero-order chi connectivity index (χ0) is 19.8. The van der Waals surface area contributed by atoms with E-state index < -0.39 is 0 Å². The molecule has 0 bridgehead atoms. The van der Waals surface area contributed by atoms with Crippen LogP contribution in [0.1, 0.15) is 23.3 Å². The number of nitrogens with one attached hydrogen (secondary N) is 1. The lowest BCUT2D eigenvalue weighted by atomic mass is 9.78. The molecule has 7 nitrogen and oxygen atoms in total. The molecule has 0 radical (unpaired) electrons. The lowest BCUT2D eigenvalue weighted by Crippen LogP contribution is -2.39. The zero-order valence-corrected chi connectivity index (χ0v) is 16.9. The van der Waals surface area contributed by atoms with Gasteiger partial charge in [-0.25, -0.2) is 0 Å². The molecule has 1 aromatic heterocycles. The summed E-state index contributed by atoms with van der Waals surface area (Å²) in [5, 5.41) is 8.17. The van der Waals surface area contributed by atoms with E-state index in [2.05, 4.69) is 22.4 Å². The molecule has 1 aromatic carbocycles. The highest BCUT2D eigenvalue weighted by Crippen LogP contribution is 2.36. The Bertz CT molecular complexity index is 884.